The largest absolute Gasteiger partial charge is 0.471 e. The molecule has 0 saturated carbocycles. The van der Waals surface area contributed by atoms with E-state index >= 15 is 0 Å². The van der Waals surface area contributed by atoms with Gasteiger partial charge in [-0.15, -0.1) is 0 Å². The van der Waals surface area contributed by atoms with Crippen LogP contribution in [0, 0.1) is 17.1 Å². The van der Waals surface area contributed by atoms with Crippen molar-refractivity contribution in [3.05, 3.63) is 53.3 Å². The third-order valence-corrected chi connectivity index (χ3v) is 5.11. The molecule has 4 rings (SSSR count). The van der Waals surface area contributed by atoms with E-state index in [1.54, 1.807) is 29.2 Å². The number of para-hydroxylation sites is 1. The molecule has 2 aliphatic heterocycles. The molecule has 1 amide bonds. The second kappa shape index (κ2) is 6.95. The number of alkyl halides is 3. The number of nitrogens with one attached hydrogen (secondary N) is 1. The van der Waals surface area contributed by atoms with Gasteiger partial charge in [-0.1, -0.05) is 18.2 Å². The van der Waals surface area contributed by atoms with Gasteiger partial charge < -0.3 is 15.0 Å². The van der Waals surface area contributed by atoms with Gasteiger partial charge in [-0.25, -0.2) is 4.39 Å². The summed E-state index contributed by atoms with van der Waals surface area (Å²) in [6.07, 6.45) is -4.22. The van der Waals surface area contributed by atoms with Crippen LogP contribution in [0.4, 0.5) is 23.2 Å². The maximum atomic E-state index is 14.0. The molecular weight excluding hydrogens is 390 g/mol. The maximum absolute atomic E-state index is 14.0. The number of fused-ring (bicyclic) bond motifs is 5. The van der Waals surface area contributed by atoms with Gasteiger partial charge in [0.25, 0.3) is 0 Å². The van der Waals surface area contributed by atoms with Crippen molar-refractivity contribution in [3.63, 3.8) is 0 Å². The minimum atomic E-state index is -5.01. The number of rotatable bonds is 1. The van der Waals surface area contributed by atoms with Crippen LogP contribution in [0.25, 0.3) is 0 Å². The molecule has 2 aliphatic rings. The SMILES string of the molecule is N#Cc1cc(F)cc2c1N1CCC[C@H](NC(=O)C(F)(F)F)[C@@H]1c1ccccc1O2. The van der Waals surface area contributed by atoms with Gasteiger partial charge in [0, 0.05) is 18.2 Å². The number of nitriles is 1. The van der Waals surface area contributed by atoms with Crippen LogP contribution in [-0.4, -0.2) is 24.7 Å². The maximum Gasteiger partial charge on any atom is 0.471 e. The van der Waals surface area contributed by atoms with Gasteiger partial charge in [0.2, 0.25) is 0 Å². The standard InChI is InChI=1S/C20H15F4N3O2/c21-12-8-11(10-25)17-16(9-12)29-15-6-2-1-4-13(15)18-14(5-3-7-27(17)18)26-19(28)20(22,23)24/h1-2,4,6,8-9,14,18H,3,5,7H2,(H,26,28)/t14-,18-/m0/s1. The molecule has 1 saturated heterocycles. The summed E-state index contributed by atoms with van der Waals surface area (Å²) in [6, 6.07) is 9.28. The average molecular weight is 405 g/mol. The van der Waals surface area contributed by atoms with Gasteiger partial charge >= 0.3 is 12.1 Å². The number of nitrogens with zero attached hydrogens (tertiary/aromatic N) is 2. The summed E-state index contributed by atoms with van der Waals surface area (Å²) in [7, 11) is 0. The molecule has 2 aromatic rings. The van der Waals surface area contributed by atoms with Gasteiger partial charge in [-0.2, -0.15) is 18.4 Å². The lowest BCUT2D eigenvalue weighted by atomic mass is 9.89. The van der Waals surface area contributed by atoms with E-state index in [4.69, 9.17) is 4.74 Å². The molecule has 2 aromatic carbocycles. The minimum Gasteiger partial charge on any atom is -0.455 e. The lowest BCUT2D eigenvalue weighted by Crippen LogP contribution is -2.52. The first-order chi connectivity index (χ1) is 13.8. The molecule has 9 heteroatoms. The molecule has 0 unspecified atom stereocenters. The van der Waals surface area contributed by atoms with Gasteiger partial charge in [0.1, 0.15) is 17.6 Å². The van der Waals surface area contributed by atoms with Crippen LogP contribution in [0.3, 0.4) is 0 Å². The first kappa shape index (κ1) is 19.1. The Bertz CT molecular complexity index is 1020. The van der Waals surface area contributed by atoms with Gasteiger partial charge in [0.05, 0.1) is 23.3 Å². The van der Waals surface area contributed by atoms with Crippen molar-refractivity contribution >= 4 is 11.6 Å². The Morgan fingerprint density at radius 1 is 1.24 bits per heavy atom. The molecule has 0 aromatic heterocycles. The number of anilines is 1. The second-order valence-corrected chi connectivity index (χ2v) is 6.91. The van der Waals surface area contributed by atoms with Crippen LogP contribution in [0.15, 0.2) is 36.4 Å². The van der Waals surface area contributed by atoms with E-state index in [9.17, 15) is 27.6 Å². The van der Waals surface area contributed by atoms with E-state index in [2.05, 4.69) is 5.32 Å². The number of ether oxygens (including phenoxy) is 1. The van der Waals surface area contributed by atoms with Crippen LogP contribution in [-0.2, 0) is 4.79 Å². The number of hydrogen-bond acceptors (Lipinski definition) is 4. The number of benzene rings is 2. The van der Waals surface area contributed by atoms with E-state index in [-0.39, 0.29) is 11.3 Å². The Kier molecular flexibility index (Phi) is 4.57. The summed E-state index contributed by atoms with van der Waals surface area (Å²) in [5.74, 6) is -2.23. The molecule has 5 nitrogen and oxygen atoms in total. The Balaban J connectivity index is 1.87. The van der Waals surface area contributed by atoms with E-state index in [0.717, 1.165) is 12.1 Å². The third-order valence-electron chi connectivity index (χ3n) is 5.11. The quantitative estimate of drug-likeness (QED) is 0.723. The minimum absolute atomic E-state index is 0.0144. The molecule has 2 heterocycles. The smallest absolute Gasteiger partial charge is 0.455 e. The van der Waals surface area contributed by atoms with E-state index < -0.39 is 30.0 Å². The van der Waals surface area contributed by atoms with E-state index in [1.807, 2.05) is 6.07 Å². The highest BCUT2D eigenvalue weighted by Gasteiger charge is 2.45. The monoisotopic (exact) mass is 405 g/mol. The molecule has 0 radical (unpaired) electrons. The van der Waals surface area contributed by atoms with E-state index in [1.165, 1.54) is 0 Å². The van der Waals surface area contributed by atoms with E-state index in [0.29, 0.717) is 36.4 Å². The molecular formula is C20H15F4N3O2. The zero-order valence-corrected chi connectivity index (χ0v) is 15.0. The zero-order chi connectivity index (χ0) is 20.8. The highest BCUT2D eigenvalue weighted by atomic mass is 19.4. The fraction of sp³-hybridized carbons (Fsp3) is 0.300. The van der Waals surface area contributed by atoms with Crippen LogP contribution in [0.5, 0.6) is 11.5 Å². The predicted octanol–water partition coefficient (Wildman–Crippen LogP) is 4.19. The highest BCUT2D eigenvalue weighted by molar-refractivity contribution is 5.82. The topological polar surface area (TPSA) is 65.4 Å². The predicted molar refractivity (Wildman–Crippen MR) is 94.9 cm³/mol. The highest BCUT2D eigenvalue weighted by Crippen LogP contribution is 2.49. The van der Waals surface area contributed by atoms with Crippen molar-refractivity contribution in [1.82, 2.24) is 5.32 Å². The van der Waals surface area contributed by atoms with Crippen molar-refractivity contribution < 1.29 is 27.1 Å². The first-order valence-corrected chi connectivity index (χ1v) is 8.94. The van der Waals surface area contributed by atoms with Crippen molar-refractivity contribution in [2.45, 2.75) is 31.1 Å². The Hall–Kier alpha value is -3.28. The zero-order valence-electron chi connectivity index (χ0n) is 15.0. The molecule has 2 atom stereocenters. The molecule has 0 aliphatic carbocycles. The number of amides is 1. The molecule has 0 spiro atoms. The Morgan fingerprint density at radius 2 is 2.00 bits per heavy atom. The fourth-order valence-corrected chi connectivity index (χ4v) is 4.00. The van der Waals surface area contributed by atoms with Gasteiger partial charge in [-0.3, -0.25) is 4.79 Å². The number of hydrogen-bond donors (Lipinski definition) is 1. The molecule has 29 heavy (non-hydrogen) atoms. The Morgan fingerprint density at radius 3 is 2.72 bits per heavy atom. The second-order valence-electron chi connectivity index (χ2n) is 6.91. The summed E-state index contributed by atoms with van der Waals surface area (Å²) < 4.78 is 58.5. The third kappa shape index (κ3) is 3.35. The fourth-order valence-electron chi connectivity index (χ4n) is 4.00. The van der Waals surface area contributed by atoms with Crippen LogP contribution in [0.2, 0.25) is 0 Å². The molecule has 150 valence electrons. The van der Waals surface area contributed by atoms with Crippen molar-refractivity contribution in [3.8, 4) is 17.6 Å². The van der Waals surface area contributed by atoms with Crippen molar-refractivity contribution in [2.24, 2.45) is 0 Å². The lowest BCUT2D eigenvalue weighted by molar-refractivity contribution is -0.174. The normalized spacial score (nSPS) is 20.3. The van der Waals surface area contributed by atoms with Crippen LogP contribution >= 0.6 is 0 Å². The van der Waals surface area contributed by atoms with Gasteiger partial charge in [-0.05, 0) is 25.0 Å². The van der Waals surface area contributed by atoms with Crippen LogP contribution < -0.4 is 15.0 Å². The van der Waals surface area contributed by atoms with Crippen molar-refractivity contribution in [2.75, 3.05) is 11.4 Å². The average Bonchev–Trinajstić information content (AvgIpc) is 2.81. The molecule has 1 fully saturated rings. The van der Waals surface area contributed by atoms with Gasteiger partial charge in [0.15, 0.2) is 5.75 Å². The van der Waals surface area contributed by atoms with Crippen molar-refractivity contribution in [1.29, 1.82) is 5.26 Å². The number of carbonyl (C=O) groups is 1. The summed E-state index contributed by atoms with van der Waals surface area (Å²) in [6.45, 7) is 0.411. The first-order valence-electron chi connectivity index (χ1n) is 8.94. The Labute approximate surface area is 163 Å². The number of piperidine rings is 1. The summed E-state index contributed by atoms with van der Waals surface area (Å²) >= 11 is 0. The summed E-state index contributed by atoms with van der Waals surface area (Å²) in [5.41, 5.74) is 0.877. The summed E-state index contributed by atoms with van der Waals surface area (Å²) in [4.78, 5) is 13.4. The molecule has 1 N–H and O–H groups in total. The number of halogens is 4. The summed E-state index contributed by atoms with van der Waals surface area (Å²) in [5, 5.41) is 11.6. The number of carbonyl (C=O) groups excluding carboxylic acids is 1. The molecule has 0 bridgehead atoms. The van der Waals surface area contributed by atoms with Crippen LogP contribution in [0.1, 0.15) is 30.0 Å². The lowest BCUT2D eigenvalue weighted by Gasteiger charge is -2.42.